The van der Waals surface area contributed by atoms with Crippen LogP contribution < -0.4 is 11.5 Å². The van der Waals surface area contributed by atoms with Gasteiger partial charge in [-0.25, -0.2) is 0 Å². The van der Waals surface area contributed by atoms with E-state index in [1.807, 2.05) is 0 Å². The lowest BCUT2D eigenvalue weighted by molar-refractivity contribution is -0.124. The van der Waals surface area contributed by atoms with Crippen molar-refractivity contribution in [3.05, 3.63) is 0 Å². The van der Waals surface area contributed by atoms with Crippen LogP contribution in [-0.4, -0.2) is 11.4 Å². The first kappa shape index (κ1) is 10.7. The van der Waals surface area contributed by atoms with Crippen molar-refractivity contribution in [2.24, 2.45) is 11.5 Å². The zero-order valence-corrected chi connectivity index (χ0v) is 7.32. The Morgan fingerprint density at radius 1 is 1.18 bits per heavy atom. The van der Waals surface area contributed by atoms with E-state index in [1.165, 1.54) is 6.42 Å². The quantitative estimate of drug-likeness (QED) is 0.616. The molecular weight excluding hydrogens is 164 g/mol. The lowest BCUT2D eigenvalue weighted by atomic mass is 9.82. The number of carbonyl (C=O) groups is 1. The van der Waals surface area contributed by atoms with Gasteiger partial charge in [0.15, 0.2) is 0 Å². The van der Waals surface area contributed by atoms with Crippen LogP contribution in [0.3, 0.4) is 0 Å². The first-order valence-corrected chi connectivity index (χ1v) is 3.74. The molecule has 0 aromatic carbocycles. The average Bonchev–Trinajstić information content (AvgIpc) is 1.89. The topological polar surface area (TPSA) is 69.1 Å². The summed E-state index contributed by atoms with van der Waals surface area (Å²) in [4.78, 5) is 10.8. The van der Waals surface area contributed by atoms with Gasteiger partial charge in [-0.05, 0) is 12.8 Å². The van der Waals surface area contributed by atoms with Gasteiger partial charge in [-0.3, -0.25) is 4.79 Å². The summed E-state index contributed by atoms with van der Waals surface area (Å²) < 4.78 is 0. The van der Waals surface area contributed by atoms with Crippen molar-refractivity contribution in [2.75, 3.05) is 0 Å². The number of halogens is 1. The molecule has 1 aliphatic carbocycles. The molecule has 0 atom stereocenters. The molecule has 0 heterocycles. The fraction of sp³-hybridized carbons (Fsp3) is 0.857. The van der Waals surface area contributed by atoms with Crippen LogP contribution in [0.4, 0.5) is 0 Å². The van der Waals surface area contributed by atoms with Gasteiger partial charge in [0, 0.05) is 0 Å². The molecule has 1 rings (SSSR count). The van der Waals surface area contributed by atoms with Gasteiger partial charge < -0.3 is 11.5 Å². The van der Waals surface area contributed by atoms with E-state index in [0.29, 0.717) is 0 Å². The molecule has 0 saturated heterocycles. The largest absolute Gasteiger partial charge is 0.368 e. The fourth-order valence-corrected chi connectivity index (χ4v) is 1.43. The minimum Gasteiger partial charge on any atom is -0.368 e. The first-order valence-electron chi connectivity index (χ1n) is 3.74. The number of hydrogen-bond acceptors (Lipinski definition) is 2. The minimum atomic E-state index is -0.682. The Morgan fingerprint density at radius 2 is 1.64 bits per heavy atom. The van der Waals surface area contributed by atoms with Crippen LogP contribution in [0.1, 0.15) is 32.1 Å². The van der Waals surface area contributed by atoms with Crippen molar-refractivity contribution in [1.82, 2.24) is 0 Å². The summed E-state index contributed by atoms with van der Waals surface area (Å²) in [6.07, 6.45) is 4.80. The number of amides is 1. The van der Waals surface area contributed by atoms with Crippen molar-refractivity contribution in [3.63, 3.8) is 0 Å². The van der Waals surface area contributed by atoms with E-state index in [4.69, 9.17) is 11.5 Å². The van der Waals surface area contributed by atoms with E-state index < -0.39 is 5.54 Å². The summed E-state index contributed by atoms with van der Waals surface area (Å²) in [5, 5.41) is 0. The second-order valence-electron chi connectivity index (χ2n) is 3.08. The molecule has 11 heavy (non-hydrogen) atoms. The number of hydrogen-bond donors (Lipinski definition) is 2. The van der Waals surface area contributed by atoms with Crippen LogP contribution in [0.2, 0.25) is 0 Å². The maximum atomic E-state index is 10.8. The zero-order chi connectivity index (χ0) is 7.61. The van der Waals surface area contributed by atoms with Crippen LogP contribution in [0.5, 0.6) is 0 Å². The molecule has 0 bridgehead atoms. The first-order chi connectivity index (χ1) is 4.65. The second kappa shape index (κ2) is 3.93. The SMILES string of the molecule is Cl.NC(=O)C1(N)CCCCC1. The molecule has 1 fully saturated rings. The van der Waals surface area contributed by atoms with E-state index in [-0.39, 0.29) is 18.3 Å². The molecule has 1 aliphatic rings. The smallest absolute Gasteiger partial charge is 0.237 e. The maximum absolute atomic E-state index is 10.8. The fourth-order valence-electron chi connectivity index (χ4n) is 1.43. The van der Waals surface area contributed by atoms with Gasteiger partial charge in [-0.15, -0.1) is 12.4 Å². The molecule has 66 valence electrons. The van der Waals surface area contributed by atoms with E-state index in [0.717, 1.165) is 25.7 Å². The number of rotatable bonds is 1. The van der Waals surface area contributed by atoms with Crippen LogP contribution in [0.25, 0.3) is 0 Å². The molecule has 3 nitrogen and oxygen atoms in total. The molecule has 0 aliphatic heterocycles. The molecule has 0 unspecified atom stereocenters. The Hall–Kier alpha value is -0.280. The van der Waals surface area contributed by atoms with Crippen LogP contribution in [0, 0.1) is 0 Å². The molecule has 1 saturated carbocycles. The molecule has 4 N–H and O–H groups in total. The van der Waals surface area contributed by atoms with Gasteiger partial charge in [-0.1, -0.05) is 19.3 Å². The third-order valence-electron chi connectivity index (χ3n) is 2.24. The normalized spacial score (nSPS) is 21.9. The number of primary amides is 1. The molecular formula is C7H15ClN2O. The Kier molecular flexibility index (Phi) is 3.83. The van der Waals surface area contributed by atoms with Gasteiger partial charge in [0.25, 0.3) is 0 Å². The molecule has 0 spiro atoms. The van der Waals surface area contributed by atoms with Crippen molar-refractivity contribution >= 4 is 18.3 Å². The Labute approximate surface area is 72.9 Å². The van der Waals surface area contributed by atoms with Crippen molar-refractivity contribution in [3.8, 4) is 0 Å². The third-order valence-corrected chi connectivity index (χ3v) is 2.24. The molecule has 1 amide bonds. The highest BCUT2D eigenvalue weighted by Gasteiger charge is 2.32. The predicted molar refractivity (Wildman–Crippen MR) is 46.4 cm³/mol. The van der Waals surface area contributed by atoms with Crippen molar-refractivity contribution in [2.45, 2.75) is 37.6 Å². The summed E-state index contributed by atoms with van der Waals surface area (Å²) >= 11 is 0. The minimum absolute atomic E-state index is 0. The lowest BCUT2D eigenvalue weighted by Crippen LogP contribution is -2.53. The third kappa shape index (κ3) is 2.34. The Morgan fingerprint density at radius 3 is 1.91 bits per heavy atom. The second-order valence-corrected chi connectivity index (χ2v) is 3.08. The van der Waals surface area contributed by atoms with Gasteiger partial charge in [-0.2, -0.15) is 0 Å². The summed E-state index contributed by atoms with van der Waals surface area (Å²) in [5.41, 5.74) is 10.2. The summed E-state index contributed by atoms with van der Waals surface area (Å²) in [6.45, 7) is 0. The monoisotopic (exact) mass is 178 g/mol. The molecule has 0 radical (unpaired) electrons. The lowest BCUT2D eigenvalue weighted by Gasteiger charge is -2.29. The van der Waals surface area contributed by atoms with Crippen molar-refractivity contribution in [1.29, 1.82) is 0 Å². The summed E-state index contributed by atoms with van der Waals surface area (Å²) in [7, 11) is 0. The van der Waals surface area contributed by atoms with Gasteiger partial charge in [0.05, 0.1) is 5.54 Å². The standard InChI is InChI=1S/C7H14N2O.ClH/c8-6(10)7(9)4-2-1-3-5-7;/h1-5,9H2,(H2,8,10);1H. The zero-order valence-electron chi connectivity index (χ0n) is 6.51. The van der Waals surface area contributed by atoms with Crippen LogP contribution >= 0.6 is 12.4 Å². The van der Waals surface area contributed by atoms with E-state index >= 15 is 0 Å². The van der Waals surface area contributed by atoms with E-state index in [9.17, 15) is 4.79 Å². The van der Waals surface area contributed by atoms with Crippen LogP contribution in [-0.2, 0) is 4.79 Å². The number of carbonyl (C=O) groups excluding carboxylic acids is 1. The van der Waals surface area contributed by atoms with Crippen molar-refractivity contribution < 1.29 is 4.79 Å². The van der Waals surface area contributed by atoms with Gasteiger partial charge >= 0.3 is 0 Å². The highest BCUT2D eigenvalue weighted by molar-refractivity contribution is 5.85. The molecule has 0 aromatic rings. The molecule has 4 heteroatoms. The summed E-state index contributed by atoms with van der Waals surface area (Å²) in [5.74, 6) is -0.341. The predicted octanol–water partition coefficient (Wildman–Crippen LogP) is 0.555. The van der Waals surface area contributed by atoms with Crippen LogP contribution in [0.15, 0.2) is 0 Å². The highest BCUT2D eigenvalue weighted by Crippen LogP contribution is 2.25. The molecule has 0 aromatic heterocycles. The highest BCUT2D eigenvalue weighted by atomic mass is 35.5. The average molecular weight is 179 g/mol. The van der Waals surface area contributed by atoms with E-state index in [1.54, 1.807) is 0 Å². The van der Waals surface area contributed by atoms with Gasteiger partial charge in [0.1, 0.15) is 0 Å². The Bertz CT molecular complexity index is 143. The summed E-state index contributed by atoms with van der Waals surface area (Å²) in [6, 6.07) is 0. The van der Waals surface area contributed by atoms with Gasteiger partial charge in [0.2, 0.25) is 5.91 Å². The number of nitrogens with two attached hydrogens (primary N) is 2. The maximum Gasteiger partial charge on any atom is 0.237 e. The Balaban J connectivity index is 0.000001000. The van der Waals surface area contributed by atoms with E-state index in [2.05, 4.69) is 0 Å².